The number of hydrogen-bond acceptors (Lipinski definition) is 1. The lowest BCUT2D eigenvalue weighted by molar-refractivity contribution is -0.923. The SMILES string of the molecule is CCCC1CN(C(C)CC)C[N@+]1(C)CC. The summed E-state index contributed by atoms with van der Waals surface area (Å²) < 4.78 is 1.26. The van der Waals surface area contributed by atoms with Crippen molar-refractivity contribution in [2.24, 2.45) is 0 Å². The molecule has 1 saturated heterocycles. The van der Waals surface area contributed by atoms with Crippen LogP contribution in [0.2, 0.25) is 0 Å². The monoisotopic (exact) mass is 213 g/mol. The predicted octanol–water partition coefficient (Wildman–Crippen LogP) is 2.69. The summed E-state index contributed by atoms with van der Waals surface area (Å²) in [6.07, 6.45) is 3.99. The van der Waals surface area contributed by atoms with E-state index < -0.39 is 0 Å². The number of quaternary nitrogens is 1. The Morgan fingerprint density at radius 2 is 2.00 bits per heavy atom. The number of nitrogens with zero attached hydrogens (tertiary/aromatic N) is 2. The largest absolute Gasteiger partial charge is 0.310 e. The molecular weight excluding hydrogens is 184 g/mol. The second kappa shape index (κ2) is 5.31. The molecule has 2 nitrogen and oxygen atoms in total. The topological polar surface area (TPSA) is 3.24 Å². The molecule has 0 bridgehead atoms. The summed E-state index contributed by atoms with van der Waals surface area (Å²) in [5.74, 6) is 0. The average Bonchev–Trinajstić information content (AvgIpc) is 2.57. The van der Waals surface area contributed by atoms with Crippen LogP contribution in [0.4, 0.5) is 0 Å². The molecular formula is C13H29N2+. The van der Waals surface area contributed by atoms with Crippen LogP contribution in [-0.4, -0.2) is 48.3 Å². The molecule has 1 rings (SSSR count). The van der Waals surface area contributed by atoms with Crippen LogP contribution in [0.25, 0.3) is 0 Å². The molecule has 1 aliphatic heterocycles. The third-order valence-corrected chi connectivity index (χ3v) is 4.39. The predicted molar refractivity (Wildman–Crippen MR) is 66.7 cm³/mol. The standard InChI is InChI=1S/C13H29N2/c1-6-9-13-10-14(12(4)7-2)11-15(13,5)8-3/h12-13H,6-11H2,1-5H3/q+1/t12?,13?,15-/m0/s1. The van der Waals surface area contributed by atoms with Crippen molar-refractivity contribution in [2.45, 2.75) is 59.0 Å². The average molecular weight is 213 g/mol. The highest BCUT2D eigenvalue weighted by Crippen LogP contribution is 2.26. The number of rotatable bonds is 5. The molecule has 0 radical (unpaired) electrons. The Hall–Kier alpha value is -0.0800. The van der Waals surface area contributed by atoms with Crippen LogP contribution < -0.4 is 0 Å². The number of likely N-dealkylation sites (N-methyl/N-ethyl adjacent to an activating group) is 1. The van der Waals surface area contributed by atoms with Crippen LogP contribution in [0.5, 0.6) is 0 Å². The summed E-state index contributed by atoms with van der Waals surface area (Å²) in [6, 6.07) is 1.63. The molecule has 2 unspecified atom stereocenters. The lowest BCUT2D eigenvalue weighted by Crippen LogP contribution is -2.49. The van der Waals surface area contributed by atoms with E-state index in [4.69, 9.17) is 0 Å². The molecule has 0 saturated carbocycles. The molecule has 1 aliphatic rings. The highest BCUT2D eigenvalue weighted by Gasteiger charge is 2.41. The molecule has 90 valence electrons. The fourth-order valence-electron chi connectivity index (χ4n) is 2.73. The maximum absolute atomic E-state index is 2.68. The first-order valence-corrected chi connectivity index (χ1v) is 6.65. The van der Waals surface area contributed by atoms with Crippen LogP contribution in [0, 0.1) is 0 Å². The van der Waals surface area contributed by atoms with Gasteiger partial charge in [-0.15, -0.1) is 0 Å². The molecule has 15 heavy (non-hydrogen) atoms. The Morgan fingerprint density at radius 1 is 1.33 bits per heavy atom. The summed E-state index contributed by atoms with van der Waals surface area (Å²) >= 11 is 0. The van der Waals surface area contributed by atoms with Crippen LogP contribution in [0.3, 0.4) is 0 Å². The van der Waals surface area contributed by atoms with Gasteiger partial charge in [0.15, 0.2) is 0 Å². The van der Waals surface area contributed by atoms with Gasteiger partial charge in [-0.25, -0.2) is 4.90 Å². The molecule has 0 aromatic carbocycles. The molecule has 0 spiro atoms. The Labute approximate surface area is 95.8 Å². The Kier molecular flexibility index (Phi) is 4.60. The van der Waals surface area contributed by atoms with E-state index in [1.807, 2.05) is 0 Å². The van der Waals surface area contributed by atoms with Gasteiger partial charge in [-0.2, -0.15) is 0 Å². The van der Waals surface area contributed by atoms with Crippen LogP contribution in [0.1, 0.15) is 47.0 Å². The van der Waals surface area contributed by atoms with Gasteiger partial charge in [0.2, 0.25) is 0 Å². The molecule has 0 aromatic heterocycles. The highest BCUT2D eigenvalue weighted by atomic mass is 15.5. The maximum Gasteiger partial charge on any atom is 0.135 e. The van der Waals surface area contributed by atoms with Crippen LogP contribution in [-0.2, 0) is 0 Å². The van der Waals surface area contributed by atoms with Gasteiger partial charge in [-0.3, -0.25) is 0 Å². The van der Waals surface area contributed by atoms with Crippen molar-refractivity contribution < 1.29 is 4.48 Å². The van der Waals surface area contributed by atoms with Crippen molar-refractivity contribution in [3.05, 3.63) is 0 Å². The van der Waals surface area contributed by atoms with Gasteiger partial charge in [0.05, 0.1) is 20.1 Å². The molecule has 0 aliphatic carbocycles. The van der Waals surface area contributed by atoms with E-state index in [9.17, 15) is 0 Å². The van der Waals surface area contributed by atoms with Crippen molar-refractivity contribution >= 4 is 0 Å². The van der Waals surface area contributed by atoms with E-state index >= 15 is 0 Å². The van der Waals surface area contributed by atoms with E-state index in [0.717, 1.165) is 12.1 Å². The Morgan fingerprint density at radius 3 is 2.47 bits per heavy atom. The molecule has 0 N–H and O–H groups in total. The third-order valence-electron chi connectivity index (χ3n) is 4.39. The van der Waals surface area contributed by atoms with E-state index in [1.54, 1.807) is 0 Å². The van der Waals surface area contributed by atoms with E-state index in [-0.39, 0.29) is 0 Å². The van der Waals surface area contributed by atoms with Gasteiger partial charge in [-0.05, 0) is 20.3 Å². The van der Waals surface area contributed by atoms with E-state index in [1.165, 1.54) is 43.5 Å². The molecule has 0 amide bonds. The fraction of sp³-hybridized carbons (Fsp3) is 1.00. The normalized spacial score (nSPS) is 34.6. The highest BCUT2D eigenvalue weighted by molar-refractivity contribution is 4.75. The Balaban J connectivity index is 2.65. The van der Waals surface area contributed by atoms with Gasteiger partial charge in [0.1, 0.15) is 12.7 Å². The zero-order chi connectivity index (χ0) is 11.5. The first-order valence-electron chi connectivity index (χ1n) is 6.65. The minimum atomic E-state index is 0.760. The summed E-state index contributed by atoms with van der Waals surface area (Å²) in [5, 5.41) is 0. The lowest BCUT2D eigenvalue weighted by Gasteiger charge is -2.34. The second-order valence-corrected chi connectivity index (χ2v) is 5.41. The van der Waals surface area contributed by atoms with Crippen molar-refractivity contribution in [3.63, 3.8) is 0 Å². The van der Waals surface area contributed by atoms with Crippen LogP contribution in [0.15, 0.2) is 0 Å². The van der Waals surface area contributed by atoms with Gasteiger partial charge >= 0.3 is 0 Å². The summed E-state index contributed by atoms with van der Waals surface area (Å²) in [5.41, 5.74) is 0. The van der Waals surface area contributed by atoms with E-state index in [2.05, 4.69) is 39.6 Å². The first-order chi connectivity index (χ1) is 7.07. The van der Waals surface area contributed by atoms with Crippen molar-refractivity contribution in [2.75, 3.05) is 26.8 Å². The second-order valence-electron chi connectivity index (χ2n) is 5.41. The first kappa shape index (κ1) is 13.0. The molecule has 1 fully saturated rings. The van der Waals surface area contributed by atoms with Crippen molar-refractivity contribution in [3.8, 4) is 0 Å². The molecule has 1 heterocycles. The zero-order valence-electron chi connectivity index (χ0n) is 11.3. The van der Waals surface area contributed by atoms with Crippen molar-refractivity contribution in [1.82, 2.24) is 4.90 Å². The van der Waals surface area contributed by atoms with E-state index in [0.29, 0.717) is 0 Å². The minimum Gasteiger partial charge on any atom is -0.310 e. The fourth-order valence-corrected chi connectivity index (χ4v) is 2.73. The van der Waals surface area contributed by atoms with Gasteiger partial charge < -0.3 is 4.48 Å². The lowest BCUT2D eigenvalue weighted by atomic mass is 10.1. The van der Waals surface area contributed by atoms with Gasteiger partial charge in [0.25, 0.3) is 0 Å². The maximum atomic E-state index is 2.68. The smallest absolute Gasteiger partial charge is 0.135 e. The van der Waals surface area contributed by atoms with Gasteiger partial charge in [-0.1, -0.05) is 20.3 Å². The zero-order valence-corrected chi connectivity index (χ0v) is 11.3. The minimum absolute atomic E-state index is 0.760. The van der Waals surface area contributed by atoms with Crippen LogP contribution >= 0.6 is 0 Å². The van der Waals surface area contributed by atoms with Gasteiger partial charge in [0, 0.05) is 12.5 Å². The molecule has 0 aromatic rings. The summed E-state index contributed by atoms with van der Waals surface area (Å²) in [6.45, 7) is 13.2. The Bertz CT molecular complexity index is 193. The third kappa shape index (κ3) is 2.73. The quantitative estimate of drug-likeness (QED) is 0.635. The molecule has 3 atom stereocenters. The number of hydrogen-bond donors (Lipinski definition) is 0. The summed E-state index contributed by atoms with van der Waals surface area (Å²) in [4.78, 5) is 2.68. The molecule has 2 heteroatoms. The summed E-state index contributed by atoms with van der Waals surface area (Å²) in [7, 11) is 2.43. The van der Waals surface area contributed by atoms with Crippen molar-refractivity contribution in [1.29, 1.82) is 0 Å².